The summed E-state index contributed by atoms with van der Waals surface area (Å²) in [6, 6.07) is 24.5. The molecule has 40 heavy (non-hydrogen) atoms. The van der Waals surface area contributed by atoms with Gasteiger partial charge in [0.1, 0.15) is 0 Å². The first-order chi connectivity index (χ1) is 18.9. The van der Waals surface area contributed by atoms with Gasteiger partial charge in [0, 0.05) is 27.1 Å². The molecule has 1 atom stereocenters. The van der Waals surface area contributed by atoms with Crippen molar-refractivity contribution in [1.29, 1.82) is 0 Å². The lowest BCUT2D eigenvalue weighted by Crippen LogP contribution is -2.53. The lowest BCUT2D eigenvalue weighted by Gasteiger charge is -2.40. The van der Waals surface area contributed by atoms with Crippen molar-refractivity contribution < 1.29 is 43.5 Å². The quantitative estimate of drug-likeness (QED) is 0.153. The summed E-state index contributed by atoms with van der Waals surface area (Å²) in [5.41, 5.74) is -0.594. The first-order valence-electron chi connectivity index (χ1n) is 11.4. The van der Waals surface area contributed by atoms with E-state index in [-0.39, 0.29) is 14.7 Å². The molecular weight excluding hydrogens is 577 g/mol. The Morgan fingerprint density at radius 2 is 1.15 bits per heavy atom. The maximum absolute atomic E-state index is 15.6. The van der Waals surface area contributed by atoms with Crippen LogP contribution >= 0.6 is 10.3 Å². The molecule has 13 heteroatoms. The van der Waals surface area contributed by atoms with Gasteiger partial charge in [0.25, 0.3) is 6.10 Å². The van der Waals surface area contributed by atoms with Crippen molar-refractivity contribution in [3.63, 3.8) is 0 Å². The Morgan fingerprint density at radius 1 is 0.700 bits per heavy atom. The third-order valence-electron chi connectivity index (χ3n) is 5.48. The summed E-state index contributed by atoms with van der Waals surface area (Å²) in [7, 11) is -10.1. The smallest absolute Gasteiger partial charge is 0.432 e. The van der Waals surface area contributed by atoms with E-state index in [4.69, 9.17) is 3.63 Å². The molecule has 1 aromatic heterocycles. The van der Waals surface area contributed by atoms with Crippen LogP contribution in [0.25, 0.3) is 0 Å². The Kier molecular flexibility index (Phi) is 8.28. The predicted molar refractivity (Wildman–Crippen MR) is 136 cm³/mol. The van der Waals surface area contributed by atoms with Crippen LogP contribution in [-0.4, -0.2) is 36.9 Å². The number of esters is 1. The zero-order valence-corrected chi connectivity index (χ0v) is 21.9. The number of halogens is 5. The van der Waals surface area contributed by atoms with Gasteiger partial charge in [0.2, 0.25) is 0 Å². The Bertz CT molecular complexity index is 1440. The molecule has 0 bridgehead atoms. The van der Waals surface area contributed by atoms with Gasteiger partial charge in [0.15, 0.2) is 0 Å². The van der Waals surface area contributed by atoms with Gasteiger partial charge in [-0.05, 0) is 58.8 Å². The molecule has 4 rings (SSSR count). The molecule has 0 spiro atoms. The Hall–Kier alpha value is -3.81. The van der Waals surface area contributed by atoms with Crippen molar-refractivity contribution in [1.82, 2.24) is 4.98 Å². The highest BCUT2D eigenvalue weighted by molar-refractivity contribution is 8.33. The standard InChI is InChI=1S/C27H20F5NO5S2/c28-26(29,30)25(37-24(34)20-11-10-18-33-19-20)27(31,32)40(35,36)38-39(21-12-4-1-5-13-21,22-14-6-2-7-15-22)23-16-8-3-9-17-23/h1-19,25H. The second kappa shape index (κ2) is 11.4. The summed E-state index contributed by atoms with van der Waals surface area (Å²) < 4.78 is 109. The monoisotopic (exact) mass is 597 g/mol. The van der Waals surface area contributed by atoms with E-state index in [1.165, 1.54) is 79.0 Å². The van der Waals surface area contributed by atoms with E-state index in [9.17, 15) is 26.4 Å². The fourth-order valence-corrected chi connectivity index (χ4v) is 8.92. The number of hydrogen-bond acceptors (Lipinski definition) is 6. The first kappa shape index (κ1) is 29.2. The summed E-state index contributed by atoms with van der Waals surface area (Å²) in [6.45, 7) is 0. The molecule has 0 N–H and O–H groups in total. The fourth-order valence-electron chi connectivity index (χ4n) is 3.66. The molecule has 0 saturated heterocycles. The van der Waals surface area contributed by atoms with E-state index in [2.05, 4.69) is 9.72 Å². The number of ether oxygens (including phenoxy) is 1. The molecule has 6 nitrogen and oxygen atoms in total. The molecule has 0 amide bonds. The molecule has 4 aromatic rings. The van der Waals surface area contributed by atoms with Crippen LogP contribution in [0, 0.1) is 0 Å². The maximum Gasteiger partial charge on any atom is 0.432 e. The number of aromatic nitrogens is 1. The van der Waals surface area contributed by atoms with Gasteiger partial charge in [-0.3, -0.25) is 4.98 Å². The third-order valence-corrected chi connectivity index (χ3v) is 10.7. The second-order valence-electron chi connectivity index (χ2n) is 8.15. The van der Waals surface area contributed by atoms with Gasteiger partial charge < -0.3 is 4.74 Å². The summed E-state index contributed by atoms with van der Waals surface area (Å²) >= 11 is 0. The van der Waals surface area contributed by atoms with Crippen LogP contribution in [0.2, 0.25) is 0 Å². The third kappa shape index (κ3) is 5.71. The van der Waals surface area contributed by atoms with E-state index in [1.807, 2.05) is 0 Å². The van der Waals surface area contributed by atoms with Crippen LogP contribution in [0.15, 0.2) is 130 Å². The van der Waals surface area contributed by atoms with Gasteiger partial charge in [-0.1, -0.05) is 54.6 Å². The van der Waals surface area contributed by atoms with Gasteiger partial charge in [-0.25, -0.2) is 8.42 Å². The molecule has 3 aromatic carbocycles. The summed E-state index contributed by atoms with van der Waals surface area (Å²) in [5.74, 6) is -1.85. The average molecular weight is 598 g/mol. The molecule has 1 unspecified atom stereocenters. The number of rotatable bonds is 9. The predicted octanol–water partition coefficient (Wildman–Crippen LogP) is 7.01. The number of nitrogens with zero attached hydrogens (tertiary/aromatic N) is 1. The van der Waals surface area contributed by atoms with Gasteiger partial charge in [-0.2, -0.15) is 30.4 Å². The van der Waals surface area contributed by atoms with Gasteiger partial charge in [-0.15, -0.1) is 0 Å². The number of alkyl halides is 5. The number of carbonyl (C=O) groups excluding carboxylic acids is 1. The maximum atomic E-state index is 15.6. The minimum atomic E-state index is -6.48. The highest BCUT2D eigenvalue weighted by atomic mass is 32.3. The van der Waals surface area contributed by atoms with E-state index in [0.29, 0.717) is 0 Å². The van der Waals surface area contributed by atoms with Gasteiger partial charge >= 0.3 is 27.5 Å². The van der Waals surface area contributed by atoms with E-state index < -0.39 is 49.5 Å². The number of hydrogen-bond donors (Lipinski definition) is 0. The summed E-state index contributed by atoms with van der Waals surface area (Å²) in [6.07, 6.45) is -8.42. The Morgan fingerprint density at radius 3 is 1.52 bits per heavy atom. The highest BCUT2D eigenvalue weighted by Gasteiger charge is 2.68. The van der Waals surface area contributed by atoms with Crippen molar-refractivity contribution in [2.75, 3.05) is 0 Å². The molecular formula is C27H20F5NO5S2. The van der Waals surface area contributed by atoms with E-state index in [0.717, 1.165) is 18.3 Å². The number of pyridine rings is 1. The highest BCUT2D eigenvalue weighted by Crippen LogP contribution is 2.70. The molecule has 0 aliphatic carbocycles. The van der Waals surface area contributed by atoms with Crippen LogP contribution in [0.1, 0.15) is 10.4 Å². The van der Waals surface area contributed by atoms with Crippen molar-refractivity contribution in [3.8, 4) is 0 Å². The zero-order valence-electron chi connectivity index (χ0n) is 20.2. The topological polar surface area (TPSA) is 82.6 Å². The molecule has 0 saturated carbocycles. The van der Waals surface area contributed by atoms with Gasteiger partial charge in [0.05, 0.1) is 5.56 Å². The van der Waals surface area contributed by atoms with Crippen molar-refractivity contribution in [2.45, 2.75) is 32.2 Å². The first-order valence-corrected chi connectivity index (χ1v) is 14.4. The summed E-state index contributed by atoms with van der Waals surface area (Å²) in [5, 5.41) is -5.76. The minimum absolute atomic E-state index is 0.114. The normalized spacial score (nSPS) is 13.8. The molecule has 1 heterocycles. The van der Waals surface area contributed by atoms with Crippen molar-refractivity contribution >= 4 is 26.4 Å². The average Bonchev–Trinajstić information content (AvgIpc) is 2.95. The molecule has 210 valence electrons. The van der Waals surface area contributed by atoms with Crippen LogP contribution in [-0.2, 0) is 18.5 Å². The van der Waals surface area contributed by atoms with Crippen molar-refractivity contribution in [3.05, 3.63) is 121 Å². The van der Waals surface area contributed by atoms with E-state index >= 15 is 8.78 Å². The Labute approximate surface area is 228 Å². The minimum Gasteiger partial charge on any atom is -0.441 e. The molecule has 0 aliphatic heterocycles. The fraction of sp³-hybridized carbons (Fsp3) is 0.111. The zero-order chi connectivity index (χ0) is 29.0. The van der Waals surface area contributed by atoms with Crippen LogP contribution in [0.5, 0.6) is 0 Å². The lowest BCUT2D eigenvalue weighted by molar-refractivity contribution is -0.247. The van der Waals surface area contributed by atoms with Crippen molar-refractivity contribution in [2.24, 2.45) is 0 Å². The molecule has 0 fully saturated rings. The molecule has 0 radical (unpaired) electrons. The number of benzene rings is 3. The molecule has 0 aliphatic rings. The Balaban J connectivity index is 1.88. The van der Waals surface area contributed by atoms with Crippen LogP contribution < -0.4 is 0 Å². The SMILES string of the molecule is O=C(OC(C(F)(F)F)C(F)(F)S(=O)(=O)OS(c1ccccc1)(c1ccccc1)c1ccccc1)c1cccnc1. The largest absolute Gasteiger partial charge is 0.441 e. The van der Waals surface area contributed by atoms with Crippen LogP contribution in [0.4, 0.5) is 22.0 Å². The summed E-state index contributed by atoms with van der Waals surface area (Å²) in [4.78, 5) is 16.2. The number of carbonyl (C=O) groups is 1. The lowest BCUT2D eigenvalue weighted by atomic mass is 10.3. The second-order valence-corrected chi connectivity index (χ2v) is 12.7. The van der Waals surface area contributed by atoms with E-state index in [1.54, 1.807) is 18.2 Å². The van der Waals surface area contributed by atoms with Crippen LogP contribution in [0.3, 0.4) is 0 Å².